The highest BCUT2D eigenvalue weighted by Crippen LogP contribution is 2.11. The van der Waals surface area contributed by atoms with Gasteiger partial charge in [0.2, 0.25) is 5.91 Å². The van der Waals surface area contributed by atoms with Gasteiger partial charge in [-0.05, 0) is 37.1 Å². The number of para-hydroxylation sites is 2. The molecule has 0 aliphatic rings. The monoisotopic (exact) mass is 319 g/mol. The molecule has 0 spiro atoms. The Labute approximate surface area is 141 Å². The van der Waals surface area contributed by atoms with Crippen LogP contribution in [0.15, 0.2) is 54.6 Å². The van der Waals surface area contributed by atoms with Crippen LogP contribution in [0.3, 0.4) is 0 Å². The van der Waals surface area contributed by atoms with Crippen molar-refractivity contribution in [2.45, 2.75) is 19.8 Å². The van der Waals surface area contributed by atoms with Crippen LogP contribution in [-0.4, -0.2) is 22.4 Å². The topological polar surface area (TPSA) is 57.8 Å². The number of imidazole rings is 1. The van der Waals surface area contributed by atoms with E-state index in [2.05, 4.69) is 15.3 Å². The van der Waals surface area contributed by atoms with Gasteiger partial charge in [-0.3, -0.25) is 4.79 Å². The molecule has 4 heteroatoms. The second-order valence-corrected chi connectivity index (χ2v) is 5.84. The Hall–Kier alpha value is -2.88. The summed E-state index contributed by atoms with van der Waals surface area (Å²) in [4.78, 5) is 19.7. The van der Waals surface area contributed by atoms with Gasteiger partial charge < -0.3 is 10.3 Å². The third-order valence-electron chi connectivity index (χ3n) is 3.80. The van der Waals surface area contributed by atoms with Crippen LogP contribution in [0.1, 0.15) is 23.4 Å². The van der Waals surface area contributed by atoms with Crippen LogP contribution in [0.5, 0.6) is 0 Å². The van der Waals surface area contributed by atoms with Crippen molar-refractivity contribution in [3.63, 3.8) is 0 Å². The number of rotatable bonds is 6. The number of aryl methyl sites for hydroxylation is 2. The summed E-state index contributed by atoms with van der Waals surface area (Å²) in [6, 6.07) is 16.0. The first-order valence-electron chi connectivity index (χ1n) is 8.17. The molecule has 1 aromatic heterocycles. The smallest absolute Gasteiger partial charge is 0.243 e. The summed E-state index contributed by atoms with van der Waals surface area (Å²) >= 11 is 0. The number of benzene rings is 2. The lowest BCUT2D eigenvalue weighted by Gasteiger charge is -2.01. The molecule has 2 N–H and O–H groups in total. The number of hydrogen-bond donors (Lipinski definition) is 2. The Morgan fingerprint density at radius 3 is 2.92 bits per heavy atom. The van der Waals surface area contributed by atoms with Gasteiger partial charge in [0.15, 0.2) is 0 Å². The van der Waals surface area contributed by atoms with E-state index in [1.165, 1.54) is 5.56 Å². The molecule has 122 valence electrons. The fourth-order valence-electron chi connectivity index (χ4n) is 2.60. The Morgan fingerprint density at radius 2 is 2.08 bits per heavy atom. The SMILES string of the molecule is Cc1cccc(/C=C/C(=O)NCCCc2nc3ccccc3[nH]2)c1. The lowest BCUT2D eigenvalue weighted by atomic mass is 10.1. The molecule has 0 bridgehead atoms. The number of aromatic nitrogens is 2. The minimum absolute atomic E-state index is 0.0684. The zero-order valence-electron chi connectivity index (χ0n) is 13.8. The molecule has 0 atom stereocenters. The predicted octanol–water partition coefficient (Wildman–Crippen LogP) is 3.63. The van der Waals surface area contributed by atoms with E-state index in [-0.39, 0.29) is 5.91 Å². The molecule has 1 heterocycles. The van der Waals surface area contributed by atoms with Gasteiger partial charge in [0.1, 0.15) is 5.82 Å². The van der Waals surface area contributed by atoms with E-state index in [1.54, 1.807) is 6.08 Å². The van der Waals surface area contributed by atoms with Crippen LogP contribution >= 0.6 is 0 Å². The van der Waals surface area contributed by atoms with Crippen LogP contribution < -0.4 is 5.32 Å². The molecule has 0 saturated heterocycles. The lowest BCUT2D eigenvalue weighted by Crippen LogP contribution is -2.22. The number of nitrogens with zero attached hydrogens (tertiary/aromatic N) is 1. The number of fused-ring (bicyclic) bond motifs is 1. The van der Waals surface area contributed by atoms with E-state index in [0.29, 0.717) is 6.54 Å². The number of aromatic amines is 1. The van der Waals surface area contributed by atoms with Crippen molar-refractivity contribution >= 4 is 23.0 Å². The standard InChI is InChI=1S/C20H21N3O/c1-15-6-4-7-16(14-15)11-12-20(24)21-13-5-10-19-22-17-8-2-3-9-18(17)23-19/h2-4,6-9,11-12,14H,5,10,13H2,1H3,(H,21,24)(H,22,23)/b12-11+. The summed E-state index contributed by atoms with van der Waals surface area (Å²) in [6.07, 6.45) is 5.08. The van der Waals surface area contributed by atoms with Gasteiger partial charge in [0.25, 0.3) is 0 Å². The molecule has 0 saturated carbocycles. The third-order valence-corrected chi connectivity index (χ3v) is 3.80. The maximum absolute atomic E-state index is 11.8. The van der Waals surface area contributed by atoms with E-state index >= 15 is 0 Å². The molecular formula is C20H21N3O. The van der Waals surface area contributed by atoms with E-state index in [4.69, 9.17) is 0 Å². The van der Waals surface area contributed by atoms with Crippen LogP contribution in [0.25, 0.3) is 17.1 Å². The quantitative estimate of drug-likeness (QED) is 0.538. The maximum Gasteiger partial charge on any atom is 0.243 e. The van der Waals surface area contributed by atoms with Crippen molar-refractivity contribution in [3.05, 3.63) is 71.6 Å². The molecule has 0 aliphatic carbocycles. The second-order valence-electron chi connectivity index (χ2n) is 5.84. The van der Waals surface area contributed by atoms with Gasteiger partial charge in [-0.1, -0.05) is 42.0 Å². The number of hydrogen-bond acceptors (Lipinski definition) is 2. The van der Waals surface area contributed by atoms with Gasteiger partial charge in [-0.15, -0.1) is 0 Å². The normalized spacial score (nSPS) is 11.2. The van der Waals surface area contributed by atoms with E-state index in [9.17, 15) is 4.79 Å². The second kappa shape index (κ2) is 7.59. The van der Waals surface area contributed by atoms with Crippen molar-refractivity contribution in [3.8, 4) is 0 Å². The Balaban J connectivity index is 1.43. The summed E-state index contributed by atoms with van der Waals surface area (Å²) in [5, 5.41) is 2.90. The molecule has 3 rings (SSSR count). The molecule has 24 heavy (non-hydrogen) atoms. The highest BCUT2D eigenvalue weighted by Gasteiger charge is 2.02. The van der Waals surface area contributed by atoms with Gasteiger partial charge in [-0.2, -0.15) is 0 Å². The molecular weight excluding hydrogens is 298 g/mol. The summed E-state index contributed by atoms with van der Waals surface area (Å²) < 4.78 is 0. The maximum atomic E-state index is 11.8. The van der Waals surface area contributed by atoms with Gasteiger partial charge >= 0.3 is 0 Å². The molecule has 0 radical (unpaired) electrons. The summed E-state index contributed by atoms with van der Waals surface area (Å²) in [6.45, 7) is 2.67. The number of carbonyl (C=O) groups is 1. The zero-order valence-corrected chi connectivity index (χ0v) is 13.8. The van der Waals surface area contributed by atoms with Crippen LogP contribution in [0.2, 0.25) is 0 Å². The molecule has 0 fully saturated rings. The summed E-state index contributed by atoms with van der Waals surface area (Å²) in [5.41, 5.74) is 4.26. The number of amides is 1. The Bertz CT molecular complexity index is 831. The third kappa shape index (κ3) is 4.32. The van der Waals surface area contributed by atoms with Crippen molar-refractivity contribution in [1.29, 1.82) is 0 Å². The molecule has 4 nitrogen and oxygen atoms in total. The summed E-state index contributed by atoms with van der Waals surface area (Å²) in [5.74, 6) is 0.891. The van der Waals surface area contributed by atoms with Crippen molar-refractivity contribution in [2.75, 3.05) is 6.54 Å². The Morgan fingerprint density at radius 1 is 1.21 bits per heavy atom. The first kappa shape index (κ1) is 16.0. The lowest BCUT2D eigenvalue weighted by molar-refractivity contribution is -0.116. The molecule has 0 unspecified atom stereocenters. The molecule has 1 amide bonds. The predicted molar refractivity (Wildman–Crippen MR) is 97.6 cm³/mol. The highest BCUT2D eigenvalue weighted by atomic mass is 16.1. The highest BCUT2D eigenvalue weighted by molar-refractivity contribution is 5.91. The molecule has 0 aliphatic heterocycles. The largest absolute Gasteiger partial charge is 0.353 e. The first-order valence-corrected chi connectivity index (χ1v) is 8.17. The van der Waals surface area contributed by atoms with E-state index < -0.39 is 0 Å². The fraction of sp³-hybridized carbons (Fsp3) is 0.200. The average Bonchev–Trinajstić information content (AvgIpc) is 3.00. The van der Waals surface area contributed by atoms with Crippen LogP contribution in [-0.2, 0) is 11.2 Å². The average molecular weight is 319 g/mol. The Kier molecular flexibility index (Phi) is 5.06. The van der Waals surface area contributed by atoms with Crippen LogP contribution in [0.4, 0.5) is 0 Å². The van der Waals surface area contributed by atoms with E-state index in [1.807, 2.05) is 61.5 Å². The van der Waals surface area contributed by atoms with Crippen LogP contribution in [0, 0.1) is 6.92 Å². The minimum atomic E-state index is -0.0684. The zero-order chi connectivity index (χ0) is 16.8. The summed E-state index contributed by atoms with van der Waals surface area (Å²) in [7, 11) is 0. The van der Waals surface area contributed by atoms with E-state index in [0.717, 1.165) is 35.3 Å². The van der Waals surface area contributed by atoms with Gasteiger partial charge in [-0.25, -0.2) is 4.98 Å². The van der Waals surface area contributed by atoms with Crippen molar-refractivity contribution in [1.82, 2.24) is 15.3 Å². The van der Waals surface area contributed by atoms with Gasteiger partial charge in [0, 0.05) is 19.0 Å². The number of nitrogens with one attached hydrogen (secondary N) is 2. The first-order chi connectivity index (χ1) is 11.7. The van der Waals surface area contributed by atoms with Gasteiger partial charge in [0.05, 0.1) is 11.0 Å². The van der Waals surface area contributed by atoms with Crippen molar-refractivity contribution in [2.24, 2.45) is 0 Å². The fourth-order valence-corrected chi connectivity index (χ4v) is 2.60. The molecule has 2 aromatic carbocycles. The number of carbonyl (C=O) groups excluding carboxylic acids is 1. The van der Waals surface area contributed by atoms with Crippen molar-refractivity contribution < 1.29 is 4.79 Å². The number of H-pyrrole nitrogens is 1. The minimum Gasteiger partial charge on any atom is -0.353 e. The molecule has 3 aromatic rings.